The molecule has 0 saturated heterocycles. The molecule has 0 aliphatic carbocycles. The molecule has 6 nitrogen and oxygen atoms in total. The Hall–Kier alpha value is -1.20. The highest BCUT2D eigenvalue weighted by molar-refractivity contribution is 3.93. The van der Waals surface area contributed by atoms with E-state index in [0.29, 0.717) is 0 Å². The molecule has 0 radical (unpaired) electrons. The van der Waals surface area contributed by atoms with Gasteiger partial charge in [-0.25, -0.2) is 0 Å². The van der Waals surface area contributed by atoms with Gasteiger partial charge in [0.05, 0.1) is 0 Å². The fourth-order valence-corrected chi connectivity index (χ4v) is 0.0400. The Labute approximate surface area is 33.2 Å². The van der Waals surface area contributed by atoms with Crippen LogP contribution in [-0.2, 0) is 0 Å². The highest BCUT2D eigenvalue weighted by atomic mass is 15.5. The molecule has 0 aliphatic heterocycles. The van der Waals surface area contributed by atoms with E-state index in [4.69, 9.17) is 11.1 Å². The smallest absolute Gasteiger partial charge is 0.00224 e. The van der Waals surface area contributed by atoms with Crippen LogP contribution in [0.15, 0.2) is 20.9 Å². The quantitative estimate of drug-likeness (QED) is 0.374. The van der Waals surface area contributed by atoms with Crippen LogP contribution in [0.5, 0.6) is 0 Å². The van der Waals surface area contributed by atoms with Gasteiger partial charge in [-0.1, -0.05) is 0 Å². The predicted molar refractivity (Wildman–Crippen MR) is 15.2 cm³/mol. The van der Waals surface area contributed by atoms with Gasteiger partial charge in [0, 0.05) is 0 Å². The number of hydrogen-bond donors (Lipinski definition) is 2. The molecule has 0 atom stereocenters. The minimum absolute atomic E-state index is 2.42. The van der Waals surface area contributed by atoms with Crippen LogP contribution in [0.25, 0.3) is 0 Å². The number of nitrogens with one attached hydrogen (secondary N) is 2. The summed E-state index contributed by atoms with van der Waals surface area (Å²) in [6.07, 6.45) is 0. The number of rotatable bonds is 2. The van der Waals surface area contributed by atoms with E-state index in [1.54, 1.807) is 0 Å². The monoisotopic (exact) mass is 86.0 g/mol. The zero-order valence-electron chi connectivity index (χ0n) is 2.79. The van der Waals surface area contributed by atoms with E-state index in [9.17, 15) is 0 Å². The van der Waals surface area contributed by atoms with Crippen LogP contribution in [0.2, 0.25) is 0 Å². The van der Waals surface area contributed by atoms with E-state index >= 15 is 0 Å². The summed E-state index contributed by atoms with van der Waals surface area (Å²) in [5.74, 6) is 0. The fraction of sp³-hybridized carbons (Fsp3) is 0. The highest BCUT2D eigenvalue weighted by Gasteiger charge is 1.51. The normalized spacial score (nSPS) is 8.67. The molecule has 0 unspecified atom stereocenters. The zero-order chi connectivity index (χ0) is 4.83. The van der Waals surface area contributed by atoms with Gasteiger partial charge in [-0.15, -0.1) is 0 Å². The minimum Gasteiger partial charge on any atom is -0.183 e. The van der Waals surface area contributed by atoms with Crippen molar-refractivity contribution in [1.29, 1.82) is 11.1 Å². The summed E-state index contributed by atoms with van der Waals surface area (Å²) < 4.78 is 0. The predicted octanol–water partition coefficient (Wildman–Crippen LogP) is 1.33. The lowest BCUT2D eigenvalue weighted by Crippen LogP contribution is -1.36. The van der Waals surface area contributed by atoms with E-state index in [2.05, 4.69) is 20.9 Å². The topological polar surface area (TPSA) is 97.1 Å². The Morgan fingerprint density at radius 3 is 1.33 bits per heavy atom. The lowest BCUT2D eigenvalue weighted by molar-refractivity contribution is 0.808. The third-order valence-corrected chi connectivity index (χ3v) is 0.129. The minimum atomic E-state index is 2.42. The van der Waals surface area contributed by atoms with Crippen molar-refractivity contribution < 1.29 is 0 Å². The first-order chi connectivity index (χ1) is 2.91. The third-order valence-electron chi connectivity index (χ3n) is 0.129. The third kappa shape index (κ3) is 2.80. The molecule has 0 aromatic heterocycles. The fourth-order valence-electron chi connectivity index (χ4n) is 0.0400. The van der Waals surface area contributed by atoms with Crippen LogP contribution < -0.4 is 0 Å². The van der Waals surface area contributed by atoms with Crippen LogP contribution in [0.1, 0.15) is 0 Å². The van der Waals surface area contributed by atoms with Gasteiger partial charge in [-0.05, 0) is 20.9 Å². The summed E-state index contributed by atoms with van der Waals surface area (Å²) in [5, 5.41) is 10.1. The van der Waals surface area contributed by atoms with Crippen molar-refractivity contribution in [2.75, 3.05) is 0 Å². The lowest BCUT2D eigenvalue weighted by atomic mass is 12.5. The van der Waals surface area contributed by atoms with Crippen molar-refractivity contribution in [3.63, 3.8) is 0 Å². The summed E-state index contributed by atoms with van der Waals surface area (Å²) >= 11 is 0. The van der Waals surface area contributed by atoms with Gasteiger partial charge in [-0.2, -0.15) is 11.1 Å². The maximum absolute atomic E-state index is 5.93. The molecular weight excluding hydrogens is 84.0 g/mol. The molecule has 0 saturated carbocycles. The Balaban J connectivity index is 3.17. The van der Waals surface area contributed by atoms with Gasteiger partial charge < -0.3 is 0 Å². The average Bonchev–Trinajstić information content (AvgIpc) is 1.61. The summed E-state index contributed by atoms with van der Waals surface area (Å²) in [5.41, 5.74) is 11.9. The van der Waals surface area contributed by atoms with Crippen LogP contribution >= 0.6 is 0 Å². The molecule has 0 aliphatic rings. The maximum Gasteiger partial charge on any atom is -0.00224 e. The van der Waals surface area contributed by atoms with Crippen molar-refractivity contribution in [1.82, 2.24) is 0 Å². The maximum atomic E-state index is 5.93. The SMILES string of the molecule is N=NN=NN=N. The van der Waals surface area contributed by atoms with Crippen molar-refractivity contribution in [2.45, 2.75) is 0 Å². The van der Waals surface area contributed by atoms with Gasteiger partial charge in [0.2, 0.25) is 0 Å². The van der Waals surface area contributed by atoms with Crippen LogP contribution in [0, 0.1) is 11.1 Å². The molecule has 6 heavy (non-hydrogen) atoms. The van der Waals surface area contributed by atoms with Gasteiger partial charge >= 0.3 is 0 Å². The molecule has 6 heteroatoms. The van der Waals surface area contributed by atoms with Crippen molar-refractivity contribution in [3.8, 4) is 0 Å². The second-order valence-electron chi connectivity index (χ2n) is 0.379. The molecule has 0 heterocycles. The van der Waals surface area contributed by atoms with Crippen molar-refractivity contribution >= 4 is 0 Å². The summed E-state index contributed by atoms with van der Waals surface area (Å²) in [4.78, 5) is 0. The molecule has 0 amide bonds. The van der Waals surface area contributed by atoms with Gasteiger partial charge in [0.15, 0.2) is 0 Å². The molecule has 0 aromatic rings. The Kier molecular flexibility index (Phi) is 3.04. The average molecular weight is 86.1 g/mol. The lowest BCUT2D eigenvalue weighted by Gasteiger charge is -1.56. The molecule has 2 N–H and O–H groups in total. The van der Waals surface area contributed by atoms with Crippen molar-refractivity contribution in [2.24, 2.45) is 20.9 Å². The number of nitrogens with zero attached hydrogens (tertiary/aromatic N) is 4. The second kappa shape index (κ2) is 3.80. The molecular formula is H2N6. The second-order valence-corrected chi connectivity index (χ2v) is 0.379. The van der Waals surface area contributed by atoms with E-state index in [0.717, 1.165) is 0 Å². The van der Waals surface area contributed by atoms with E-state index in [1.807, 2.05) is 0 Å². The summed E-state index contributed by atoms with van der Waals surface area (Å²) in [6, 6.07) is 0. The van der Waals surface area contributed by atoms with Crippen LogP contribution in [-0.4, -0.2) is 0 Å². The zero-order valence-corrected chi connectivity index (χ0v) is 2.79. The Bertz CT molecular complexity index is 58.1. The Morgan fingerprint density at radius 1 is 0.833 bits per heavy atom. The first-order valence-electron chi connectivity index (χ1n) is 1.05. The van der Waals surface area contributed by atoms with Gasteiger partial charge in [0.1, 0.15) is 0 Å². The van der Waals surface area contributed by atoms with Gasteiger partial charge in [-0.3, -0.25) is 0 Å². The molecule has 0 spiro atoms. The largest absolute Gasteiger partial charge is 0.183 e. The van der Waals surface area contributed by atoms with Crippen molar-refractivity contribution in [3.05, 3.63) is 0 Å². The Morgan fingerprint density at radius 2 is 1.17 bits per heavy atom. The molecule has 32 valence electrons. The van der Waals surface area contributed by atoms with Crippen LogP contribution in [0.4, 0.5) is 0 Å². The molecule has 0 bridgehead atoms. The summed E-state index contributed by atoms with van der Waals surface area (Å²) in [6.45, 7) is 0. The summed E-state index contributed by atoms with van der Waals surface area (Å²) in [7, 11) is 0. The van der Waals surface area contributed by atoms with Crippen LogP contribution in [0.3, 0.4) is 0 Å². The van der Waals surface area contributed by atoms with E-state index in [-0.39, 0.29) is 0 Å². The standard InChI is InChI=1S/H2N6/c1-3-5-6-4-2/h1-2H. The first kappa shape index (κ1) is 4.80. The number of hydrogen-bond acceptors (Lipinski definition) is 2. The first-order valence-corrected chi connectivity index (χ1v) is 1.05. The highest BCUT2D eigenvalue weighted by Crippen LogP contribution is 1.71. The van der Waals surface area contributed by atoms with Gasteiger partial charge in [0.25, 0.3) is 0 Å². The van der Waals surface area contributed by atoms with E-state index < -0.39 is 0 Å². The molecule has 0 fully saturated rings. The molecule has 0 rings (SSSR count). The molecule has 0 aromatic carbocycles. The van der Waals surface area contributed by atoms with E-state index in [1.165, 1.54) is 0 Å².